The van der Waals surface area contributed by atoms with Crippen LogP contribution in [0, 0.1) is 5.92 Å². The number of para-hydroxylation sites is 1. The van der Waals surface area contributed by atoms with Crippen LogP contribution in [0.2, 0.25) is 5.02 Å². The summed E-state index contributed by atoms with van der Waals surface area (Å²) >= 11 is 6.09. The van der Waals surface area contributed by atoms with Crippen molar-refractivity contribution in [1.29, 1.82) is 0 Å². The van der Waals surface area contributed by atoms with Crippen LogP contribution in [0.4, 0.5) is 5.69 Å². The molecule has 26 heavy (non-hydrogen) atoms. The Morgan fingerprint density at radius 2 is 1.77 bits per heavy atom. The predicted octanol–water partition coefficient (Wildman–Crippen LogP) is 5.78. The summed E-state index contributed by atoms with van der Waals surface area (Å²) in [5.41, 5.74) is 4.29. The van der Waals surface area contributed by atoms with Gasteiger partial charge >= 0.3 is 0 Å². The highest BCUT2D eigenvalue weighted by atomic mass is 35.5. The number of fused-ring (bicyclic) bond motifs is 1. The van der Waals surface area contributed by atoms with Crippen LogP contribution >= 0.6 is 11.6 Å². The topological polar surface area (TPSA) is 38.3 Å². The standard InChI is InChI=1S/C22H26ClNO2/c1-13(2)18-6-5-7-19(14(3)4)21(18)24-22(25)16-10-15-11-17(23)8-9-20(15)26-12-16/h5-9,11,13-14,16H,10,12H2,1-4H3,(H,24,25)/t16-/m1/s1. The number of ether oxygens (including phenoxy) is 1. The Balaban J connectivity index is 1.85. The van der Waals surface area contributed by atoms with Crippen molar-refractivity contribution in [3.05, 3.63) is 58.1 Å². The molecule has 1 aliphatic heterocycles. The number of anilines is 1. The number of nitrogens with one attached hydrogen (secondary N) is 1. The van der Waals surface area contributed by atoms with Crippen molar-refractivity contribution in [3.63, 3.8) is 0 Å². The van der Waals surface area contributed by atoms with E-state index in [1.165, 1.54) is 11.1 Å². The van der Waals surface area contributed by atoms with Crippen LogP contribution in [0.5, 0.6) is 5.75 Å². The van der Waals surface area contributed by atoms with Gasteiger partial charge in [-0.3, -0.25) is 4.79 Å². The Bertz CT molecular complexity index is 788. The molecule has 0 aliphatic carbocycles. The van der Waals surface area contributed by atoms with Gasteiger partial charge in [0.25, 0.3) is 0 Å². The van der Waals surface area contributed by atoms with E-state index in [0.29, 0.717) is 29.9 Å². The summed E-state index contributed by atoms with van der Waals surface area (Å²) < 4.78 is 5.79. The van der Waals surface area contributed by atoms with Crippen LogP contribution < -0.4 is 10.1 Å². The summed E-state index contributed by atoms with van der Waals surface area (Å²) in [5, 5.41) is 3.87. The molecule has 0 aromatic heterocycles. The van der Waals surface area contributed by atoms with Gasteiger partial charge in [-0.15, -0.1) is 0 Å². The van der Waals surface area contributed by atoms with Gasteiger partial charge in [0.1, 0.15) is 12.4 Å². The Morgan fingerprint density at radius 3 is 2.38 bits per heavy atom. The van der Waals surface area contributed by atoms with Crippen LogP contribution in [0.3, 0.4) is 0 Å². The third-order valence-electron chi connectivity index (χ3n) is 4.92. The molecule has 0 unspecified atom stereocenters. The number of carbonyl (C=O) groups excluding carboxylic acids is 1. The lowest BCUT2D eigenvalue weighted by Gasteiger charge is -2.26. The Hall–Kier alpha value is -2.00. The van der Waals surface area contributed by atoms with Crippen LogP contribution in [-0.4, -0.2) is 12.5 Å². The highest BCUT2D eigenvalue weighted by molar-refractivity contribution is 6.30. The van der Waals surface area contributed by atoms with Gasteiger partial charge in [-0.2, -0.15) is 0 Å². The Kier molecular flexibility index (Phi) is 5.57. The third kappa shape index (κ3) is 3.88. The minimum absolute atomic E-state index is 0.00521. The molecule has 0 radical (unpaired) electrons. The molecule has 3 nitrogen and oxygen atoms in total. The maximum atomic E-state index is 13.0. The van der Waals surface area contributed by atoms with Gasteiger partial charge in [-0.25, -0.2) is 0 Å². The van der Waals surface area contributed by atoms with E-state index in [4.69, 9.17) is 16.3 Å². The van der Waals surface area contributed by atoms with E-state index < -0.39 is 0 Å². The van der Waals surface area contributed by atoms with Crippen molar-refractivity contribution < 1.29 is 9.53 Å². The number of halogens is 1. The first-order chi connectivity index (χ1) is 12.4. The third-order valence-corrected chi connectivity index (χ3v) is 5.16. The molecule has 0 fully saturated rings. The van der Waals surface area contributed by atoms with Gasteiger partial charge < -0.3 is 10.1 Å². The van der Waals surface area contributed by atoms with E-state index in [1.807, 2.05) is 18.2 Å². The fourth-order valence-corrected chi connectivity index (χ4v) is 3.65. The largest absolute Gasteiger partial charge is 0.492 e. The summed E-state index contributed by atoms with van der Waals surface area (Å²) in [6, 6.07) is 11.8. The SMILES string of the molecule is CC(C)c1cccc(C(C)C)c1NC(=O)[C@H]1COc2ccc(Cl)cc2C1. The first-order valence-corrected chi connectivity index (χ1v) is 9.59. The van der Waals surface area contributed by atoms with E-state index in [-0.39, 0.29) is 11.8 Å². The second-order valence-electron chi connectivity index (χ2n) is 7.57. The van der Waals surface area contributed by atoms with Crippen molar-refractivity contribution in [2.45, 2.75) is 46.0 Å². The molecule has 1 N–H and O–H groups in total. The van der Waals surface area contributed by atoms with Gasteiger partial charge in [0, 0.05) is 10.7 Å². The fraction of sp³-hybridized carbons (Fsp3) is 0.409. The van der Waals surface area contributed by atoms with Crippen LogP contribution in [-0.2, 0) is 11.2 Å². The lowest BCUT2D eigenvalue weighted by Crippen LogP contribution is -2.33. The van der Waals surface area contributed by atoms with Crippen LogP contribution in [0.15, 0.2) is 36.4 Å². The Labute approximate surface area is 160 Å². The highest BCUT2D eigenvalue weighted by Gasteiger charge is 2.27. The summed E-state index contributed by atoms with van der Waals surface area (Å²) in [6.45, 7) is 8.99. The van der Waals surface area contributed by atoms with Crippen molar-refractivity contribution >= 4 is 23.2 Å². The zero-order valence-electron chi connectivity index (χ0n) is 15.8. The maximum Gasteiger partial charge on any atom is 0.231 e. The number of hydrogen-bond donors (Lipinski definition) is 1. The molecule has 1 heterocycles. The minimum atomic E-state index is -0.221. The smallest absolute Gasteiger partial charge is 0.231 e. The van der Waals surface area contributed by atoms with Crippen molar-refractivity contribution in [2.75, 3.05) is 11.9 Å². The lowest BCUT2D eigenvalue weighted by atomic mass is 9.91. The number of hydrogen-bond acceptors (Lipinski definition) is 2. The van der Waals surface area contributed by atoms with Gasteiger partial charge in [0.05, 0.1) is 5.92 Å². The molecule has 1 atom stereocenters. The number of rotatable bonds is 4. The molecule has 0 saturated carbocycles. The number of amides is 1. The zero-order chi connectivity index (χ0) is 18.8. The lowest BCUT2D eigenvalue weighted by molar-refractivity contribution is -0.121. The molecular weight excluding hydrogens is 346 g/mol. The molecule has 0 bridgehead atoms. The molecule has 1 aliphatic rings. The average molecular weight is 372 g/mol. The monoisotopic (exact) mass is 371 g/mol. The first-order valence-electron chi connectivity index (χ1n) is 9.21. The van der Waals surface area contributed by atoms with Gasteiger partial charge in [-0.1, -0.05) is 57.5 Å². The van der Waals surface area contributed by atoms with E-state index in [9.17, 15) is 4.79 Å². The molecule has 2 aromatic carbocycles. The summed E-state index contributed by atoms with van der Waals surface area (Å²) in [6.07, 6.45) is 0.641. The number of benzene rings is 2. The highest BCUT2D eigenvalue weighted by Crippen LogP contribution is 2.34. The molecule has 4 heteroatoms. The zero-order valence-corrected chi connectivity index (χ0v) is 16.6. The van der Waals surface area contributed by atoms with Crippen LogP contribution in [0.1, 0.15) is 56.2 Å². The molecule has 0 saturated heterocycles. The first kappa shape index (κ1) is 18.8. The van der Waals surface area contributed by atoms with Crippen molar-refractivity contribution in [3.8, 4) is 5.75 Å². The molecule has 1 amide bonds. The van der Waals surface area contributed by atoms with E-state index in [0.717, 1.165) is 17.0 Å². The van der Waals surface area contributed by atoms with E-state index in [1.54, 1.807) is 0 Å². The molecule has 138 valence electrons. The second-order valence-corrected chi connectivity index (χ2v) is 8.01. The second kappa shape index (κ2) is 7.71. The van der Waals surface area contributed by atoms with E-state index in [2.05, 4.69) is 51.2 Å². The summed E-state index contributed by atoms with van der Waals surface area (Å²) in [7, 11) is 0. The van der Waals surface area contributed by atoms with E-state index >= 15 is 0 Å². The maximum absolute atomic E-state index is 13.0. The Morgan fingerprint density at radius 1 is 1.12 bits per heavy atom. The van der Waals surface area contributed by atoms with Gasteiger partial charge in [0.15, 0.2) is 0 Å². The molecule has 0 spiro atoms. The molecular formula is C22H26ClNO2. The predicted molar refractivity (Wildman–Crippen MR) is 107 cm³/mol. The quantitative estimate of drug-likeness (QED) is 0.740. The van der Waals surface area contributed by atoms with Gasteiger partial charge in [-0.05, 0) is 53.1 Å². The molecule has 2 aromatic rings. The van der Waals surface area contributed by atoms with Gasteiger partial charge in [0.2, 0.25) is 5.91 Å². The molecule has 3 rings (SSSR count). The minimum Gasteiger partial charge on any atom is -0.492 e. The van der Waals surface area contributed by atoms with Crippen molar-refractivity contribution in [1.82, 2.24) is 0 Å². The normalized spacial score (nSPS) is 16.3. The number of carbonyl (C=O) groups is 1. The summed E-state index contributed by atoms with van der Waals surface area (Å²) in [5.74, 6) is 1.29. The average Bonchev–Trinajstić information content (AvgIpc) is 2.60. The fourth-order valence-electron chi connectivity index (χ4n) is 3.45. The van der Waals surface area contributed by atoms with Crippen molar-refractivity contribution in [2.24, 2.45) is 5.92 Å². The summed E-state index contributed by atoms with van der Waals surface area (Å²) in [4.78, 5) is 13.0. The van der Waals surface area contributed by atoms with Crippen LogP contribution in [0.25, 0.3) is 0 Å².